The molecule has 0 radical (unpaired) electrons. The van der Waals surface area contributed by atoms with Crippen molar-refractivity contribution < 1.29 is 9.42 Å². The van der Waals surface area contributed by atoms with Gasteiger partial charge in [-0.05, 0) is 60.4 Å². The summed E-state index contributed by atoms with van der Waals surface area (Å²) in [7, 11) is 0. The van der Waals surface area contributed by atoms with Crippen molar-refractivity contribution in [2.45, 2.75) is 31.7 Å². The van der Waals surface area contributed by atoms with Gasteiger partial charge in [-0.2, -0.15) is 0 Å². The fourth-order valence-electron chi connectivity index (χ4n) is 3.92. The number of nitrogens with zero attached hydrogens (tertiary/aromatic N) is 3. The molecule has 1 fully saturated rings. The predicted octanol–water partition coefficient (Wildman–Crippen LogP) is 3.35. The minimum Gasteiger partial charge on any atom is -0.299 e. The summed E-state index contributed by atoms with van der Waals surface area (Å²) in [6, 6.07) is 16.2. The summed E-state index contributed by atoms with van der Waals surface area (Å²) in [5, 5.41) is 7.93. The molecular weight excluding hydrogens is 314 g/mol. The quantitative estimate of drug-likeness (QED) is 0.732. The molecule has 1 aliphatic heterocycles. The van der Waals surface area contributed by atoms with Crippen LogP contribution in [0.4, 0.5) is 0 Å². The van der Waals surface area contributed by atoms with Crippen LogP contribution in [0.3, 0.4) is 0 Å². The van der Waals surface area contributed by atoms with Gasteiger partial charge in [-0.15, -0.1) is 0 Å². The molecule has 3 aromatic rings. The third-order valence-electron chi connectivity index (χ3n) is 5.47. The molecule has 1 aliphatic rings. The van der Waals surface area contributed by atoms with E-state index in [2.05, 4.69) is 33.4 Å². The average Bonchev–Trinajstić information content (AvgIpc) is 3.13. The van der Waals surface area contributed by atoms with Crippen molar-refractivity contribution in [2.75, 3.05) is 13.1 Å². The molecule has 0 amide bonds. The van der Waals surface area contributed by atoms with E-state index >= 15 is 0 Å². The van der Waals surface area contributed by atoms with Crippen LogP contribution in [0, 0.1) is 0 Å². The second kappa shape index (κ2) is 6.41. The van der Waals surface area contributed by atoms with Gasteiger partial charge >= 0.3 is 0 Å². The number of rotatable bonds is 4. The summed E-state index contributed by atoms with van der Waals surface area (Å²) in [5.74, 6) is 0.265. The lowest BCUT2D eigenvalue weighted by molar-refractivity contribution is -0.124. The van der Waals surface area contributed by atoms with Crippen molar-refractivity contribution in [1.29, 1.82) is 0 Å². The number of ketones is 1. The van der Waals surface area contributed by atoms with E-state index in [1.807, 2.05) is 30.3 Å². The zero-order valence-corrected chi connectivity index (χ0v) is 14.3. The smallest absolute Gasteiger partial charge is 0.140 e. The summed E-state index contributed by atoms with van der Waals surface area (Å²) in [4.78, 5) is 14.9. The largest absolute Gasteiger partial charge is 0.299 e. The van der Waals surface area contributed by atoms with Crippen molar-refractivity contribution in [3.63, 3.8) is 0 Å². The Balaban J connectivity index is 1.52. The highest BCUT2D eigenvalue weighted by atomic mass is 16.6. The van der Waals surface area contributed by atoms with Crippen LogP contribution in [0.1, 0.15) is 30.9 Å². The number of carbonyl (C=O) groups is 1. The Kier molecular flexibility index (Phi) is 4.09. The van der Waals surface area contributed by atoms with Crippen molar-refractivity contribution >= 4 is 16.8 Å². The number of Topliss-reactive ketones (excluding diaryl/α,β-unsaturated/α-hetero) is 1. The zero-order valence-electron chi connectivity index (χ0n) is 14.3. The van der Waals surface area contributed by atoms with Gasteiger partial charge < -0.3 is 0 Å². The molecule has 1 saturated heterocycles. The van der Waals surface area contributed by atoms with Crippen molar-refractivity contribution in [2.24, 2.45) is 0 Å². The molecule has 5 heteroatoms. The first-order valence-corrected chi connectivity index (χ1v) is 8.68. The molecule has 0 unspecified atom stereocenters. The highest BCUT2D eigenvalue weighted by Crippen LogP contribution is 2.37. The average molecular weight is 335 g/mol. The molecule has 4 rings (SSSR count). The number of carbonyl (C=O) groups excluding carboxylic acids is 1. The highest BCUT2D eigenvalue weighted by Gasteiger charge is 2.40. The number of piperidine rings is 1. The minimum atomic E-state index is -0.348. The van der Waals surface area contributed by atoms with Gasteiger partial charge in [-0.3, -0.25) is 9.69 Å². The molecule has 2 heterocycles. The summed E-state index contributed by atoms with van der Waals surface area (Å²) in [6.07, 6.45) is 1.69. The van der Waals surface area contributed by atoms with Crippen LogP contribution in [0.2, 0.25) is 0 Å². The fraction of sp³-hybridized carbons (Fsp3) is 0.350. The SMILES string of the molecule is CC(=O)C1(c2ccccc2)CCN(Cc2cccc3nonc23)CC1. The van der Waals surface area contributed by atoms with E-state index < -0.39 is 0 Å². The van der Waals surface area contributed by atoms with Gasteiger partial charge in [0, 0.05) is 6.54 Å². The Morgan fingerprint density at radius 1 is 1.08 bits per heavy atom. The lowest BCUT2D eigenvalue weighted by atomic mass is 9.70. The third-order valence-corrected chi connectivity index (χ3v) is 5.47. The van der Waals surface area contributed by atoms with E-state index in [4.69, 9.17) is 4.63 Å². The topological polar surface area (TPSA) is 59.2 Å². The first-order chi connectivity index (χ1) is 12.2. The van der Waals surface area contributed by atoms with Crippen LogP contribution >= 0.6 is 0 Å². The van der Waals surface area contributed by atoms with E-state index in [0.717, 1.165) is 54.6 Å². The molecule has 1 aromatic heterocycles. The van der Waals surface area contributed by atoms with Gasteiger partial charge in [0.05, 0.1) is 5.41 Å². The molecule has 0 spiro atoms. The second-order valence-corrected chi connectivity index (χ2v) is 6.83. The standard InChI is InChI=1S/C20H21N3O2/c1-15(24)20(17-7-3-2-4-8-17)10-12-23(13-11-20)14-16-6-5-9-18-19(16)22-25-21-18/h2-9H,10-14H2,1H3. The van der Waals surface area contributed by atoms with E-state index in [0.29, 0.717) is 0 Å². The minimum absolute atomic E-state index is 0.265. The van der Waals surface area contributed by atoms with Crippen molar-refractivity contribution in [3.8, 4) is 0 Å². The molecular formula is C20H21N3O2. The lowest BCUT2D eigenvalue weighted by Gasteiger charge is -2.40. The van der Waals surface area contributed by atoms with E-state index in [1.54, 1.807) is 6.92 Å². The zero-order chi connectivity index (χ0) is 17.3. The first kappa shape index (κ1) is 16.0. The molecule has 25 heavy (non-hydrogen) atoms. The Morgan fingerprint density at radius 2 is 1.84 bits per heavy atom. The second-order valence-electron chi connectivity index (χ2n) is 6.83. The van der Waals surface area contributed by atoms with Gasteiger partial charge in [-0.1, -0.05) is 42.5 Å². The van der Waals surface area contributed by atoms with Crippen LogP contribution in [-0.4, -0.2) is 34.1 Å². The lowest BCUT2D eigenvalue weighted by Crippen LogP contribution is -2.46. The number of benzene rings is 2. The highest BCUT2D eigenvalue weighted by molar-refractivity contribution is 5.88. The van der Waals surface area contributed by atoms with Crippen molar-refractivity contribution in [1.82, 2.24) is 15.2 Å². The Morgan fingerprint density at radius 3 is 2.56 bits per heavy atom. The molecule has 0 N–H and O–H groups in total. The van der Waals surface area contributed by atoms with Gasteiger partial charge in [0.25, 0.3) is 0 Å². The number of aromatic nitrogens is 2. The van der Waals surface area contributed by atoms with Gasteiger partial charge in [-0.25, -0.2) is 4.63 Å². The molecule has 0 aliphatic carbocycles. The van der Waals surface area contributed by atoms with E-state index in [-0.39, 0.29) is 11.2 Å². The van der Waals surface area contributed by atoms with E-state index in [1.165, 1.54) is 0 Å². The maximum absolute atomic E-state index is 12.5. The first-order valence-electron chi connectivity index (χ1n) is 8.68. The Bertz CT molecular complexity index is 880. The predicted molar refractivity (Wildman–Crippen MR) is 95.1 cm³/mol. The van der Waals surface area contributed by atoms with Crippen molar-refractivity contribution in [3.05, 3.63) is 59.7 Å². The monoisotopic (exact) mass is 335 g/mol. The van der Waals surface area contributed by atoms with Gasteiger partial charge in [0.15, 0.2) is 0 Å². The normalized spacial score (nSPS) is 17.6. The van der Waals surface area contributed by atoms with Crippen LogP contribution in [0.15, 0.2) is 53.2 Å². The summed E-state index contributed by atoms with van der Waals surface area (Å²) in [5.41, 5.74) is 3.53. The fourth-order valence-corrected chi connectivity index (χ4v) is 3.92. The van der Waals surface area contributed by atoms with Crippen LogP contribution < -0.4 is 0 Å². The summed E-state index contributed by atoms with van der Waals surface area (Å²) in [6.45, 7) is 4.30. The Hall–Kier alpha value is -2.53. The molecule has 0 atom stereocenters. The van der Waals surface area contributed by atoms with Gasteiger partial charge in [0.1, 0.15) is 16.8 Å². The Labute approximate surface area is 146 Å². The number of fused-ring (bicyclic) bond motifs is 1. The van der Waals surface area contributed by atoms with E-state index in [9.17, 15) is 4.79 Å². The maximum atomic E-state index is 12.5. The molecule has 5 nitrogen and oxygen atoms in total. The van der Waals surface area contributed by atoms with Gasteiger partial charge in [0.2, 0.25) is 0 Å². The maximum Gasteiger partial charge on any atom is 0.140 e. The van der Waals surface area contributed by atoms with Crippen LogP contribution in [-0.2, 0) is 16.8 Å². The summed E-state index contributed by atoms with van der Waals surface area (Å²) < 4.78 is 4.85. The molecule has 2 aromatic carbocycles. The number of hydrogen-bond acceptors (Lipinski definition) is 5. The number of hydrogen-bond donors (Lipinski definition) is 0. The third kappa shape index (κ3) is 2.85. The summed E-state index contributed by atoms with van der Waals surface area (Å²) >= 11 is 0. The molecule has 0 bridgehead atoms. The van der Waals surface area contributed by atoms with Crippen LogP contribution in [0.5, 0.6) is 0 Å². The molecule has 128 valence electrons. The van der Waals surface area contributed by atoms with Crippen LogP contribution in [0.25, 0.3) is 11.0 Å². The number of likely N-dealkylation sites (tertiary alicyclic amines) is 1. The molecule has 0 saturated carbocycles.